The molecule has 0 spiro atoms. The van der Waals surface area contributed by atoms with Gasteiger partial charge in [-0.2, -0.15) is 5.21 Å². The minimum atomic E-state index is -2.01. The number of alkyl halides is 1. The molecule has 2 rings (SSSR count). The average Bonchev–Trinajstić information content (AvgIpc) is 2.73. The van der Waals surface area contributed by atoms with E-state index in [0.717, 1.165) is 0 Å². The lowest BCUT2D eigenvalue weighted by atomic mass is 10.1. The van der Waals surface area contributed by atoms with Gasteiger partial charge in [0.15, 0.2) is 5.78 Å². The molecule has 1 aromatic rings. The third-order valence-electron chi connectivity index (χ3n) is 3.16. The standard InChI is InChI=1S/C13H11IN2O6/c14-6-10(17)7-1-2-8(9(15)5-7)13(20)22-16(21)11(18)3-4-12(16)19/h1-2,5,21H,3-4,6H2,(H-,15,20)/p+1. The monoisotopic (exact) mass is 419 g/mol. The quantitative estimate of drug-likeness (QED) is 0.142. The molecule has 9 heteroatoms. The van der Waals surface area contributed by atoms with E-state index in [-0.39, 0.29) is 34.3 Å². The molecule has 1 aromatic carbocycles. The zero-order valence-electron chi connectivity index (χ0n) is 11.2. The van der Waals surface area contributed by atoms with Crippen LogP contribution < -0.4 is 5.73 Å². The van der Waals surface area contributed by atoms with Crippen molar-refractivity contribution in [1.29, 1.82) is 0 Å². The van der Waals surface area contributed by atoms with Crippen LogP contribution in [0.4, 0.5) is 5.69 Å². The molecule has 2 amide bonds. The topological polar surface area (TPSA) is 124 Å². The van der Waals surface area contributed by atoms with Crippen molar-refractivity contribution in [2.75, 3.05) is 10.2 Å². The van der Waals surface area contributed by atoms with Gasteiger partial charge in [-0.25, -0.2) is 19.2 Å². The largest absolute Gasteiger partial charge is 0.405 e. The molecule has 1 aliphatic rings. The van der Waals surface area contributed by atoms with E-state index in [2.05, 4.69) is 4.84 Å². The molecular formula is C13H12IN2O6+. The maximum Gasteiger partial charge on any atom is 0.405 e. The summed E-state index contributed by atoms with van der Waals surface area (Å²) in [5.74, 6) is -3.14. The van der Waals surface area contributed by atoms with E-state index in [1.807, 2.05) is 22.6 Å². The molecule has 0 saturated carbocycles. The molecule has 0 unspecified atom stereocenters. The van der Waals surface area contributed by atoms with Gasteiger partial charge in [-0.15, -0.1) is 0 Å². The first-order valence-corrected chi connectivity index (χ1v) is 7.73. The van der Waals surface area contributed by atoms with Gasteiger partial charge in [-0.05, 0) is 12.1 Å². The summed E-state index contributed by atoms with van der Waals surface area (Å²) in [7, 11) is 0. The Morgan fingerprint density at radius 1 is 1.27 bits per heavy atom. The number of hydroxylamine groups is 4. The van der Waals surface area contributed by atoms with Crippen LogP contribution in [0.2, 0.25) is 0 Å². The summed E-state index contributed by atoms with van der Waals surface area (Å²) >= 11 is 1.90. The van der Waals surface area contributed by atoms with Crippen molar-refractivity contribution in [2.24, 2.45) is 0 Å². The molecule has 1 saturated heterocycles. The number of nitrogen functional groups attached to an aromatic ring is 1. The molecule has 3 N–H and O–H groups in total. The van der Waals surface area contributed by atoms with E-state index in [4.69, 9.17) is 5.73 Å². The van der Waals surface area contributed by atoms with Crippen LogP contribution in [0.3, 0.4) is 0 Å². The fraction of sp³-hybridized carbons (Fsp3) is 0.231. The van der Waals surface area contributed by atoms with Crippen LogP contribution in [-0.2, 0) is 14.4 Å². The lowest BCUT2D eigenvalue weighted by Crippen LogP contribution is -2.50. The third kappa shape index (κ3) is 2.87. The Kier molecular flexibility index (Phi) is 4.58. The maximum atomic E-state index is 12.0. The number of ketones is 1. The summed E-state index contributed by atoms with van der Waals surface area (Å²) in [4.78, 5) is 49.1. The van der Waals surface area contributed by atoms with Crippen molar-refractivity contribution in [3.63, 3.8) is 0 Å². The molecule has 8 nitrogen and oxygen atoms in total. The number of carbonyl (C=O) groups is 4. The third-order valence-corrected chi connectivity index (χ3v) is 3.85. The lowest BCUT2D eigenvalue weighted by Gasteiger charge is -2.16. The summed E-state index contributed by atoms with van der Waals surface area (Å²) in [6, 6.07) is 3.92. The molecule has 0 aromatic heterocycles. The normalized spacial score (nSPS) is 16.6. The van der Waals surface area contributed by atoms with E-state index in [9.17, 15) is 24.4 Å². The second-order valence-corrected chi connectivity index (χ2v) is 5.36. The number of imide groups is 1. The zero-order valence-corrected chi connectivity index (χ0v) is 13.4. The van der Waals surface area contributed by atoms with Crippen LogP contribution in [0.15, 0.2) is 18.2 Å². The second kappa shape index (κ2) is 6.10. The maximum absolute atomic E-state index is 12.0. The van der Waals surface area contributed by atoms with Crippen molar-refractivity contribution >= 4 is 51.8 Å². The summed E-state index contributed by atoms with van der Waals surface area (Å²) in [6.45, 7) is 0. The lowest BCUT2D eigenvalue weighted by molar-refractivity contribution is -1.12. The Balaban J connectivity index is 2.25. The fourth-order valence-electron chi connectivity index (χ4n) is 1.93. The predicted octanol–water partition coefficient (Wildman–Crippen LogP) is 1.01. The predicted molar refractivity (Wildman–Crippen MR) is 80.8 cm³/mol. The smallest absolute Gasteiger partial charge is 0.398 e. The fourth-order valence-corrected chi connectivity index (χ4v) is 2.37. The molecule has 1 heterocycles. The number of hydrogen-bond acceptors (Lipinski definition) is 7. The van der Waals surface area contributed by atoms with Crippen LogP contribution >= 0.6 is 22.6 Å². The van der Waals surface area contributed by atoms with Crippen LogP contribution in [0.1, 0.15) is 33.6 Å². The number of hydrogen-bond donors (Lipinski definition) is 2. The first-order chi connectivity index (χ1) is 10.3. The number of benzene rings is 1. The Morgan fingerprint density at radius 3 is 2.36 bits per heavy atom. The Bertz CT molecular complexity index is 671. The minimum absolute atomic E-state index is 0.0496. The van der Waals surface area contributed by atoms with Crippen molar-refractivity contribution < 1.29 is 34.0 Å². The van der Waals surface area contributed by atoms with E-state index >= 15 is 0 Å². The number of carbonyl (C=O) groups excluding carboxylic acids is 4. The van der Waals surface area contributed by atoms with Gasteiger partial charge in [0.25, 0.3) is 0 Å². The molecule has 0 radical (unpaired) electrons. The number of quaternary nitrogens is 1. The molecule has 0 atom stereocenters. The van der Waals surface area contributed by atoms with Crippen molar-refractivity contribution in [2.45, 2.75) is 12.8 Å². The van der Waals surface area contributed by atoms with Crippen molar-refractivity contribution in [1.82, 2.24) is 0 Å². The minimum Gasteiger partial charge on any atom is -0.398 e. The van der Waals surface area contributed by atoms with Gasteiger partial charge in [-0.3, -0.25) is 4.79 Å². The zero-order chi connectivity index (χ0) is 16.5. The van der Waals surface area contributed by atoms with E-state index in [0.29, 0.717) is 5.56 Å². The summed E-state index contributed by atoms with van der Waals surface area (Å²) < 4.78 is 0.251. The van der Waals surface area contributed by atoms with E-state index in [1.54, 1.807) is 0 Å². The van der Waals surface area contributed by atoms with E-state index < -0.39 is 22.6 Å². The number of nitrogens with two attached hydrogens (primary N) is 1. The number of halogens is 1. The number of nitrogens with zero attached hydrogens (tertiary/aromatic N) is 1. The van der Waals surface area contributed by atoms with Crippen LogP contribution in [0.25, 0.3) is 0 Å². The SMILES string of the molecule is Nc1cc(C(=O)CI)ccc1C(=O)O[N+]1(O)C(=O)CCC1=O. The van der Waals surface area contributed by atoms with Gasteiger partial charge >= 0.3 is 17.8 Å². The van der Waals surface area contributed by atoms with E-state index in [1.165, 1.54) is 18.2 Å². The first-order valence-electron chi connectivity index (χ1n) is 6.21. The first kappa shape index (κ1) is 16.5. The Hall–Kier alpha value is -1.85. The number of anilines is 1. The highest BCUT2D eigenvalue weighted by atomic mass is 127. The van der Waals surface area contributed by atoms with Gasteiger partial charge in [-0.1, -0.05) is 28.7 Å². The number of rotatable bonds is 4. The van der Waals surface area contributed by atoms with Gasteiger partial charge in [0.05, 0.1) is 22.8 Å². The number of Topliss-reactive ketones (excluding diaryl/α,β-unsaturated/α-hetero) is 1. The molecule has 1 aliphatic heterocycles. The van der Waals surface area contributed by atoms with Crippen LogP contribution in [0.5, 0.6) is 0 Å². The summed E-state index contributed by atoms with van der Waals surface area (Å²) in [5.41, 5.74) is 5.81. The summed E-state index contributed by atoms with van der Waals surface area (Å²) in [5, 5.41) is 9.83. The molecule has 1 fully saturated rings. The highest BCUT2D eigenvalue weighted by Crippen LogP contribution is 2.24. The van der Waals surface area contributed by atoms with Crippen molar-refractivity contribution in [3.05, 3.63) is 29.3 Å². The highest BCUT2D eigenvalue weighted by Gasteiger charge is 2.55. The Labute approximate surface area is 138 Å². The molecule has 22 heavy (non-hydrogen) atoms. The summed E-state index contributed by atoms with van der Waals surface area (Å²) in [6.07, 6.45) is -0.414. The Morgan fingerprint density at radius 2 is 1.86 bits per heavy atom. The van der Waals surface area contributed by atoms with Gasteiger partial charge in [0, 0.05) is 11.3 Å². The second-order valence-electron chi connectivity index (χ2n) is 4.60. The molecule has 116 valence electrons. The van der Waals surface area contributed by atoms with Crippen LogP contribution in [0, 0.1) is 0 Å². The van der Waals surface area contributed by atoms with Gasteiger partial charge in [0.1, 0.15) is 4.81 Å². The van der Waals surface area contributed by atoms with Crippen LogP contribution in [-0.4, -0.2) is 38.0 Å². The van der Waals surface area contributed by atoms with Gasteiger partial charge < -0.3 is 5.73 Å². The highest BCUT2D eigenvalue weighted by molar-refractivity contribution is 14.1. The molecular weight excluding hydrogens is 407 g/mol. The van der Waals surface area contributed by atoms with Crippen molar-refractivity contribution in [3.8, 4) is 0 Å². The number of amides is 2. The average molecular weight is 419 g/mol. The van der Waals surface area contributed by atoms with Gasteiger partial charge in [0.2, 0.25) is 0 Å². The molecule has 0 bridgehead atoms. The molecule has 0 aliphatic carbocycles.